The lowest BCUT2D eigenvalue weighted by molar-refractivity contribution is 0.443. The minimum Gasteiger partial charge on any atom is -0.355 e. The molecule has 0 spiro atoms. The van der Waals surface area contributed by atoms with Gasteiger partial charge in [-0.05, 0) is 31.2 Å². The highest BCUT2D eigenvalue weighted by atomic mass is 32.1. The van der Waals surface area contributed by atoms with E-state index in [4.69, 9.17) is 4.98 Å². The van der Waals surface area contributed by atoms with Crippen LogP contribution in [0.15, 0.2) is 11.6 Å². The first-order valence-corrected chi connectivity index (χ1v) is 8.93. The van der Waals surface area contributed by atoms with Gasteiger partial charge in [0.25, 0.3) is 0 Å². The minimum absolute atomic E-state index is 0.675. The second-order valence-electron chi connectivity index (χ2n) is 6.66. The zero-order valence-corrected chi connectivity index (χ0v) is 14.1. The van der Waals surface area contributed by atoms with Crippen LogP contribution >= 0.6 is 11.3 Å². The van der Waals surface area contributed by atoms with Crippen LogP contribution in [0.3, 0.4) is 0 Å². The Balaban J connectivity index is 1.84. The Hall–Kier alpha value is -1.07. The molecule has 1 atom stereocenters. The molecule has 4 nitrogen and oxygen atoms in total. The second kappa shape index (κ2) is 6.36. The Labute approximate surface area is 131 Å². The molecular formula is C16H26N4S. The number of fused-ring (bicyclic) bond motifs is 1. The Bertz CT molecular complexity index is 586. The summed E-state index contributed by atoms with van der Waals surface area (Å²) in [6.07, 6.45) is 4.78. The maximum atomic E-state index is 4.90. The molecule has 1 fully saturated rings. The summed E-state index contributed by atoms with van der Waals surface area (Å²) in [5.74, 6) is 2.65. The normalized spacial score (nSPS) is 19.8. The molecule has 1 aliphatic rings. The molecule has 0 radical (unpaired) electrons. The van der Waals surface area contributed by atoms with Crippen molar-refractivity contribution in [3.63, 3.8) is 0 Å². The van der Waals surface area contributed by atoms with Gasteiger partial charge in [0.1, 0.15) is 0 Å². The van der Waals surface area contributed by atoms with Crippen LogP contribution in [0.2, 0.25) is 0 Å². The van der Waals surface area contributed by atoms with Gasteiger partial charge in [0.2, 0.25) is 0 Å². The molecule has 3 heterocycles. The summed E-state index contributed by atoms with van der Waals surface area (Å²) in [6, 6.07) is 0. The van der Waals surface area contributed by atoms with Crippen molar-refractivity contribution in [2.45, 2.75) is 40.2 Å². The van der Waals surface area contributed by atoms with E-state index < -0.39 is 0 Å². The Kier molecular flexibility index (Phi) is 4.50. The molecule has 2 aromatic heterocycles. The van der Waals surface area contributed by atoms with Crippen molar-refractivity contribution in [3.05, 3.63) is 17.3 Å². The van der Waals surface area contributed by atoms with Gasteiger partial charge in [-0.2, -0.15) is 0 Å². The Morgan fingerprint density at radius 2 is 2.33 bits per heavy atom. The van der Waals surface area contributed by atoms with Crippen LogP contribution < -0.4 is 10.2 Å². The van der Waals surface area contributed by atoms with E-state index in [2.05, 4.69) is 47.0 Å². The van der Waals surface area contributed by atoms with Gasteiger partial charge in [-0.3, -0.25) is 4.40 Å². The van der Waals surface area contributed by atoms with E-state index in [0.29, 0.717) is 5.92 Å². The number of nitrogens with zero attached hydrogens (tertiary/aromatic N) is 3. The molecule has 3 rings (SSSR count). The monoisotopic (exact) mass is 306 g/mol. The Morgan fingerprint density at radius 1 is 1.48 bits per heavy atom. The molecule has 0 amide bonds. The smallest absolute Gasteiger partial charge is 0.195 e. The molecule has 1 unspecified atom stereocenters. The zero-order chi connectivity index (χ0) is 14.8. The SMILES string of the molecule is CC(C)CNCc1c(N2CCCC(C)C2)nc2sccn12. The average Bonchev–Trinajstić information content (AvgIpc) is 3.00. The maximum absolute atomic E-state index is 4.90. The third-order valence-corrected chi connectivity index (χ3v) is 4.90. The van der Waals surface area contributed by atoms with Crippen LogP contribution in [0, 0.1) is 11.8 Å². The third kappa shape index (κ3) is 3.24. The topological polar surface area (TPSA) is 32.6 Å². The van der Waals surface area contributed by atoms with Crippen LogP contribution in [-0.2, 0) is 6.54 Å². The van der Waals surface area contributed by atoms with Crippen LogP contribution in [-0.4, -0.2) is 29.0 Å². The average molecular weight is 306 g/mol. The van der Waals surface area contributed by atoms with Crippen molar-refractivity contribution in [3.8, 4) is 0 Å². The van der Waals surface area contributed by atoms with Gasteiger partial charge in [-0.25, -0.2) is 4.98 Å². The summed E-state index contributed by atoms with van der Waals surface area (Å²) >= 11 is 1.72. The highest BCUT2D eigenvalue weighted by molar-refractivity contribution is 7.15. The van der Waals surface area contributed by atoms with E-state index in [9.17, 15) is 0 Å². The molecule has 2 aromatic rings. The number of aromatic nitrogens is 2. The van der Waals surface area contributed by atoms with Gasteiger partial charge >= 0.3 is 0 Å². The highest BCUT2D eigenvalue weighted by Gasteiger charge is 2.23. The third-order valence-electron chi connectivity index (χ3n) is 4.14. The number of rotatable bonds is 5. The summed E-state index contributed by atoms with van der Waals surface area (Å²) in [4.78, 5) is 8.50. The van der Waals surface area contributed by atoms with Gasteiger partial charge in [0.05, 0.1) is 5.69 Å². The van der Waals surface area contributed by atoms with Crippen molar-refractivity contribution in [2.75, 3.05) is 24.5 Å². The zero-order valence-electron chi connectivity index (χ0n) is 13.3. The lowest BCUT2D eigenvalue weighted by Gasteiger charge is -2.31. The number of imidazole rings is 1. The maximum Gasteiger partial charge on any atom is 0.195 e. The van der Waals surface area contributed by atoms with Crippen LogP contribution in [0.25, 0.3) is 4.96 Å². The second-order valence-corrected chi connectivity index (χ2v) is 7.53. The van der Waals surface area contributed by atoms with Crippen molar-refractivity contribution < 1.29 is 0 Å². The van der Waals surface area contributed by atoms with Gasteiger partial charge in [-0.15, -0.1) is 11.3 Å². The van der Waals surface area contributed by atoms with Gasteiger partial charge in [-0.1, -0.05) is 20.8 Å². The molecule has 0 bridgehead atoms. The first-order chi connectivity index (χ1) is 10.1. The largest absolute Gasteiger partial charge is 0.355 e. The number of nitrogens with one attached hydrogen (secondary N) is 1. The number of anilines is 1. The van der Waals surface area contributed by atoms with Gasteiger partial charge < -0.3 is 10.2 Å². The fourth-order valence-electron chi connectivity index (χ4n) is 3.10. The van der Waals surface area contributed by atoms with Crippen molar-refractivity contribution in [1.82, 2.24) is 14.7 Å². The summed E-state index contributed by atoms with van der Waals surface area (Å²) in [5.41, 5.74) is 1.32. The fraction of sp³-hybridized carbons (Fsp3) is 0.688. The lowest BCUT2D eigenvalue weighted by Crippen LogP contribution is -2.35. The van der Waals surface area contributed by atoms with E-state index in [1.54, 1.807) is 11.3 Å². The van der Waals surface area contributed by atoms with E-state index >= 15 is 0 Å². The molecule has 5 heteroatoms. The molecule has 1 N–H and O–H groups in total. The number of hydrogen-bond acceptors (Lipinski definition) is 4. The lowest BCUT2D eigenvalue weighted by atomic mass is 10.0. The van der Waals surface area contributed by atoms with E-state index in [0.717, 1.165) is 37.1 Å². The predicted molar refractivity (Wildman–Crippen MR) is 90.2 cm³/mol. The minimum atomic E-state index is 0.675. The first-order valence-electron chi connectivity index (χ1n) is 8.05. The van der Waals surface area contributed by atoms with Gasteiger partial charge in [0.15, 0.2) is 10.8 Å². The first kappa shape index (κ1) is 14.9. The number of piperidine rings is 1. The molecule has 0 aromatic carbocycles. The molecule has 21 heavy (non-hydrogen) atoms. The number of hydrogen-bond donors (Lipinski definition) is 1. The standard InChI is InChI=1S/C16H26N4S/c1-12(2)9-17-10-14-15(18-16-20(14)7-8-21-16)19-6-4-5-13(3)11-19/h7-8,12-13,17H,4-6,9-11H2,1-3H3. The van der Waals surface area contributed by atoms with Crippen molar-refractivity contribution >= 4 is 22.1 Å². The molecule has 0 aliphatic carbocycles. The van der Waals surface area contributed by atoms with Crippen LogP contribution in [0.4, 0.5) is 5.82 Å². The van der Waals surface area contributed by atoms with E-state index in [-0.39, 0.29) is 0 Å². The van der Waals surface area contributed by atoms with Crippen LogP contribution in [0.1, 0.15) is 39.3 Å². The molecule has 0 saturated carbocycles. The molecular weight excluding hydrogens is 280 g/mol. The van der Waals surface area contributed by atoms with Gasteiger partial charge in [0, 0.05) is 31.2 Å². The van der Waals surface area contributed by atoms with Crippen molar-refractivity contribution in [1.29, 1.82) is 0 Å². The fourth-order valence-corrected chi connectivity index (χ4v) is 3.83. The summed E-state index contributed by atoms with van der Waals surface area (Å²) in [6.45, 7) is 11.1. The Morgan fingerprint density at radius 3 is 3.10 bits per heavy atom. The van der Waals surface area contributed by atoms with E-state index in [1.165, 1.54) is 24.4 Å². The quantitative estimate of drug-likeness (QED) is 0.919. The molecule has 1 aliphatic heterocycles. The van der Waals surface area contributed by atoms with Crippen molar-refractivity contribution in [2.24, 2.45) is 11.8 Å². The summed E-state index contributed by atoms with van der Waals surface area (Å²) in [5, 5.41) is 5.70. The highest BCUT2D eigenvalue weighted by Crippen LogP contribution is 2.28. The summed E-state index contributed by atoms with van der Waals surface area (Å²) in [7, 11) is 0. The number of thiazole rings is 1. The predicted octanol–water partition coefficient (Wildman–Crippen LogP) is 3.38. The molecule has 116 valence electrons. The summed E-state index contributed by atoms with van der Waals surface area (Å²) < 4.78 is 2.26. The van der Waals surface area contributed by atoms with E-state index in [1.807, 2.05) is 0 Å². The van der Waals surface area contributed by atoms with Crippen LogP contribution in [0.5, 0.6) is 0 Å². The molecule has 1 saturated heterocycles.